The lowest BCUT2D eigenvalue weighted by Gasteiger charge is -2.27. The van der Waals surface area contributed by atoms with Gasteiger partial charge in [-0.3, -0.25) is 4.79 Å². The van der Waals surface area contributed by atoms with Crippen molar-refractivity contribution in [2.45, 2.75) is 20.8 Å². The van der Waals surface area contributed by atoms with E-state index in [0.717, 1.165) is 18.8 Å². The summed E-state index contributed by atoms with van der Waals surface area (Å²) in [5, 5.41) is 2.88. The zero-order chi connectivity index (χ0) is 14.5. The number of ether oxygens (including phenoxy) is 1. The van der Waals surface area contributed by atoms with E-state index in [4.69, 9.17) is 4.74 Å². The van der Waals surface area contributed by atoms with Gasteiger partial charge in [0.15, 0.2) is 0 Å². The number of hydrogen-bond acceptors (Lipinski definition) is 5. The molecule has 0 atom stereocenters. The van der Waals surface area contributed by atoms with Crippen molar-refractivity contribution < 1.29 is 9.53 Å². The van der Waals surface area contributed by atoms with E-state index in [0.29, 0.717) is 37.3 Å². The Hall–Kier alpha value is -1.69. The van der Waals surface area contributed by atoms with Crippen LogP contribution >= 0.6 is 0 Å². The Morgan fingerprint density at radius 2 is 2.10 bits per heavy atom. The molecule has 0 spiro atoms. The van der Waals surface area contributed by atoms with Crippen molar-refractivity contribution >= 4 is 11.9 Å². The van der Waals surface area contributed by atoms with E-state index in [2.05, 4.69) is 34.0 Å². The number of nitrogens with one attached hydrogen (secondary N) is 1. The third-order valence-corrected chi connectivity index (χ3v) is 3.04. The summed E-state index contributed by atoms with van der Waals surface area (Å²) < 4.78 is 5.32. The van der Waals surface area contributed by atoms with Crippen LogP contribution in [0.4, 0.5) is 5.95 Å². The van der Waals surface area contributed by atoms with Gasteiger partial charge in [0.2, 0.25) is 5.95 Å². The molecule has 2 heterocycles. The normalized spacial score (nSPS) is 15.5. The standard InChI is InChI=1S/C14H22N4O2/c1-10(2)9-15-13(19)12-8-11(3)16-14(17-12)18-4-6-20-7-5-18/h8,10H,4-7,9H2,1-3H3,(H,15,19). The van der Waals surface area contributed by atoms with Gasteiger partial charge in [0.25, 0.3) is 5.91 Å². The molecule has 1 N–H and O–H groups in total. The molecule has 1 aliphatic rings. The highest BCUT2D eigenvalue weighted by atomic mass is 16.5. The first-order valence-electron chi connectivity index (χ1n) is 7.03. The Labute approximate surface area is 119 Å². The topological polar surface area (TPSA) is 67.4 Å². The lowest BCUT2D eigenvalue weighted by Crippen LogP contribution is -2.38. The van der Waals surface area contributed by atoms with Crippen molar-refractivity contribution in [1.82, 2.24) is 15.3 Å². The van der Waals surface area contributed by atoms with Crippen molar-refractivity contribution in [1.29, 1.82) is 0 Å². The van der Waals surface area contributed by atoms with Crippen LogP contribution in [0.15, 0.2) is 6.07 Å². The van der Waals surface area contributed by atoms with Gasteiger partial charge < -0.3 is 15.0 Å². The molecule has 1 aromatic heterocycles. The van der Waals surface area contributed by atoms with Gasteiger partial charge in [0, 0.05) is 25.3 Å². The maximum absolute atomic E-state index is 12.1. The third kappa shape index (κ3) is 3.90. The number of carbonyl (C=O) groups is 1. The minimum atomic E-state index is -0.140. The highest BCUT2D eigenvalue weighted by Crippen LogP contribution is 2.12. The number of amides is 1. The number of morpholine rings is 1. The predicted molar refractivity (Wildman–Crippen MR) is 77.0 cm³/mol. The van der Waals surface area contributed by atoms with Crippen LogP contribution in [0.5, 0.6) is 0 Å². The van der Waals surface area contributed by atoms with Crippen molar-refractivity contribution in [2.24, 2.45) is 5.92 Å². The summed E-state index contributed by atoms with van der Waals surface area (Å²) in [5.74, 6) is 0.891. The lowest BCUT2D eigenvalue weighted by molar-refractivity contribution is 0.0943. The van der Waals surface area contributed by atoms with Gasteiger partial charge in [-0.2, -0.15) is 0 Å². The van der Waals surface area contributed by atoms with Crippen molar-refractivity contribution in [3.05, 3.63) is 17.5 Å². The Morgan fingerprint density at radius 3 is 2.75 bits per heavy atom. The first kappa shape index (κ1) is 14.7. The minimum absolute atomic E-state index is 0.140. The van der Waals surface area contributed by atoms with E-state index in [1.54, 1.807) is 6.07 Å². The average Bonchev–Trinajstić information content (AvgIpc) is 2.45. The van der Waals surface area contributed by atoms with E-state index in [-0.39, 0.29) is 5.91 Å². The largest absolute Gasteiger partial charge is 0.378 e. The zero-order valence-electron chi connectivity index (χ0n) is 12.3. The molecule has 0 aliphatic carbocycles. The molecule has 0 aromatic carbocycles. The van der Waals surface area contributed by atoms with E-state index in [1.165, 1.54) is 0 Å². The second kappa shape index (κ2) is 6.65. The van der Waals surface area contributed by atoms with Crippen LogP contribution in [0.2, 0.25) is 0 Å². The summed E-state index contributed by atoms with van der Waals surface area (Å²) in [5.41, 5.74) is 1.23. The second-order valence-corrected chi connectivity index (χ2v) is 5.40. The number of carbonyl (C=O) groups excluding carboxylic acids is 1. The Morgan fingerprint density at radius 1 is 1.40 bits per heavy atom. The van der Waals surface area contributed by atoms with Gasteiger partial charge in [-0.1, -0.05) is 13.8 Å². The third-order valence-electron chi connectivity index (χ3n) is 3.04. The Balaban J connectivity index is 2.13. The molecular formula is C14H22N4O2. The summed E-state index contributed by atoms with van der Waals surface area (Å²) in [6.45, 7) is 9.51. The van der Waals surface area contributed by atoms with E-state index in [1.807, 2.05) is 6.92 Å². The summed E-state index contributed by atoms with van der Waals surface area (Å²) >= 11 is 0. The van der Waals surface area contributed by atoms with E-state index in [9.17, 15) is 4.79 Å². The maximum atomic E-state index is 12.1. The van der Waals surface area contributed by atoms with Crippen molar-refractivity contribution in [3.63, 3.8) is 0 Å². The molecule has 20 heavy (non-hydrogen) atoms. The van der Waals surface area contributed by atoms with Crippen LogP contribution in [-0.2, 0) is 4.74 Å². The highest BCUT2D eigenvalue weighted by Gasteiger charge is 2.17. The number of rotatable bonds is 4. The zero-order valence-corrected chi connectivity index (χ0v) is 12.3. The number of hydrogen-bond donors (Lipinski definition) is 1. The number of nitrogens with zero attached hydrogens (tertiary/aromatic N) is 3. The Bertz CT molecular complexity index is 470. The summed E-state index contributed by atoms with van der Waals surface area (Å²) in [7, 11) is 0. The van der Waals surface area contributed by atoms with Crippen LogP contribution in [-0.4, -0.2) is 48.7 Å². The van der Waals surface area contributed by atoms with Gasteiger partial charge in [-0.15, -0.1) is 0 Å². The molecule has 1 saturated heterocycles. The van der Waals surface area contributed by atoms with E-state index < -0.39 is 0 Å². The van der Waals surface area contributed by atoms with Gasteiger partial charge in [0.05, 0.1) is 13.2 Å². The minimum Gasteiger partial charge on any atom is -0.378 e. The predicted octanol–water partition coefficient (Wildman–Crippen LogP) is 1.01. The number of aromatic nitrogens is 2. The molecule has 1 aliphatic heterocycles. The van der Waals surface area contributed by atoms with Crippen molar-refractivity contribution in [3.8, 4) is 0 Å². The van der Waals surface area contributed by atoms with E-state index >= 15 is 0 Å². The van der Waals surface area contributed by atoms with Gasteiger partial charge >= 0.3 is 0 Å². The molecule has 0 unspecified atom stereocenters. The average molecular weight is 278 g/mol. The van der Waals surface area contributed by atoms with Crippen LogP contribution in [0, 0.1) is 12.8 Å². The van der Waals surface area contributed by atoms with Crippen LogP contribution in [0.25, 0.3) is 0 Å². The monoisotopic (exact) mass is 278 g/mol. The first-order chi connectivity index (χ1) is 9.56. The van der Waals surface area contributed by atoms with Crippen molar-refractivity contribution in [2.75, 3.05) is 37.7 Å². The van der Waals surface area contributed by atoms with Crippen LogP contribution in [0.1, 0.15) is 30.0 Å². The van der Waals surface area contributed by atoms with Crippen LogP contribution < -0.4 is 10.2 Å². The molecule has 1 fully saturated rings. The Kier molecular flexibility index (Phi) is 4.89. The number of anilines is 1. The molecule has 2 rings (SSSR count). The molecular weight excluding hydrogens is 256 g/mol. The molecule has 110 valence electrons. The quantitative estimate of drug-likeness (QED) is 0.890. The molecule has 0 bridgehead atoms. The van der Waals surface area contributed by atoms with Gasteiger partial charge in [-0.05, 0) is 18.9 Å². The fraction of sp³-hybridized carbons (Fsp3) is 0.643. The molecule has 6 heteroatoms. The molecule has 1 amide bonds. The number of aryl methyl sites for hydroxylation is 1. The smallest absolute Gasteiger partial charge is 0.270 e. The fourth-order valence-electron chi connectivity index (χ4n) is 1.96. The fourth-order valence-corrected chi connectivity index (χ4v) is 1.96. The van der Waals surface area contributed by atoms with Gasteiger partial charge in [-0.25, -0.2) is 9.97 Å². The molecule has 6 nitrogen and oxygen atoms in total. The summed E-state index contributed by atoms with van der Waals surface area (Å²) in [6.07, 6.45) is 0. The van der Waals surface area contributed by atoms with Gasteiger partial charge in [0.1, 0.15) is 5.69 Å². The SMILES string of the molecule is Cc1cc(C(=O)NCC(C)C)nc(N2CCOCC2)n1. The summed E-state index contributed by atoms with van der Waals surface area (Å²) in [4.78, 5) is 22.9. The maximum Gasteiger partial charge on any atom is 0.270 e. The highest BCUT2D eigenvalue weighted by molar-refractivity contribution is 5.92. The summed E-state index contributed by atoms with van der Waals surface area (Å²) in [6, 6.07) is 1.72. The lowest BCUT2D eigenvalue weighted by atomic mass is 10.2. The molecule has 0 saturated carbocycles. The first-order valence-corrected chi connectivity index (χ1v) is 7.03. The van der Waals surface area contributed by atoms with Crippen LogP contribution in [0.3, 0.4) is 0 Å². The second-order valence-electron chi connectivity index (χ2n) is 5.40. The molecule has 0 radical (unpaired) electrons. The molecule has 1 aromatic rings.